The van der Waals surface area contributed by atoms with Crippen LogP contribution in [0.5, 0.6) is 0 Å². The molecule has 0 unspecified atom stereocenters. The largest absolute Gasteiger partial charge is 0.454 e. The van der Waals surface area contributed by atoms with E-state index in [1.54, 1.807) is 29.5 Å². The van der Waals surface area contributed by atoms with Crippen LogP contribution in [-0.2, 0) is 0 Å². The highest BCUT2D eigenvalue weighted by Crippen LogP contribution is 2.44. The molecule has 0 atom stereocenters. The van der Waals surface area contributed by atoms with Crippen LogP contribution in [0, 0.1) is 0 Å². The van der Waals surface area contributed by atoms with Crippen molar-refractivity contribution in [3.8, 4) is 22.3 Å². The zero-order chi connectivity index (χ0) is 39.3. The molecule has 0 saturated carbocycles. The summed E-state index contributed by atoms with van der Waals surface area (Å²) in [5.41, 5.74) is 2.03. The average molecular weight is 652 g/mol. The summed E-state index contributed by atoms with van der Waals surface area (Å²) < 4.78 is 84.2. The van der Waals surface area contributed by atoms with Crippen molar-refractivity contribution in [3.05, 3.63) is 176 Å². The van der Waals surface area contributed by atoms with Gasteiger partial charge in [-0.1, -0.05) is 121 Å². The fourth-order valence-electron chi connectivity index (χ4n) is 6.73. The Balaban J connectivity index is 1.30. The highest BCUT2D eigenvalue weighted by molar-refractivity contribution is 7.25. The summed E-state index contributed by atoms with van der Waals surface area (Å²) >= 11 is 1.63. The summed E-state index contributed by atoms with van der Waals surface area (Å²) in [6.07, 6.45) is 0. The summed E-state index contributed by atoms with van der Waals surface area (Å²) in [6, 6.07) is 36.7. The van der Waals surface area contributed by atoms with Gasteiger partial charge in [-0.15, -0.1) is 11.3 Å². The van der Waals surface area contributed by atoms with E-state index in [0.29, 0.717) is 27.7 Å². The van der Waals surface area contributed by atoms with Gasteiger partial charge in [0, 0.05) is 42.3 Å². The third kappa shape index (κ3) is 4.62. The Morgan fingerprint density at radius 1 is 0.510 bits per heavy atom. The number of furan rings is 1. The van der Waals surface area contributed by atoms with Crippen LogP contribution in [0.15, 0.2) is 180 Å². The van der Waals surface area contributed by atoms with Crippen molar-refractivity contribution in [2.24, 2.45) is 0 Å². The third-order valence-corrected chi connectivity index (χ3v) is 10.2. The van der Waals surface area contributed by atoms with Crippen LogP contribution in [0.2, 0.25) is 0 Å². The molecule has 0 aliphatic carbocycles. The van der Waals surface area contributed by atoms with Gasteiger partial charge in [0.25, 0.3) is 0 Å². The van der Waals surface area contributed by atoms with Gasteiger partial charge in [0.2, 0.25) is 0 Å². The van der Waals surface area contributed by atoms with Crippen molar-refractivity contribution < 1.29 is 15.4 Å². The Labute approximate surface area is 299 Å². The molecular weight excluding hydrogens is 615 g/mol. The molecule has 0 bridgehead atoms. The minimum absolute atomic E-state index is 0.104. The highest BCUT2D eigenvalue weighted by Gasteiger charge is 2.20. The Morgan fingerprint density at radius 2 is 1.24 bits per heavy atom. The average Bonchev–Trinajstić information content (AvgIpc) is 3.80. The molecule has 49 heavy (non-hydrogen) atoms. The molecular formula is C46H29NOS. The van der Waals surface area contributed by atoms with E-state index < -0.39 is 24.2 Å². The molecule has 0 amide bonds. The Hall–Kier alpha value is -6.16. The van der Waals surface area contributed by atoms with Crippen molar-refractivity contribution >= 4 is 81.3 Å². The monoisotopic (exact) mass is 651 g/mol. The van der Waals surface area contributed by atoms with Gasteiger partial charge in [0.1, 0.15) is 5.58 Å². The number of rotatable bonds is 5. The minimum Gasteiger partial charge on any atom is -0.454 e. The quantitative estimate of drug-likeness (QED) is 0.184. The molecule has 8 aromatic carbocycles. The van der Waals surface area contributed by atoms with Gasteiger partial charge in [-0.2, -0.15) is 0 Å². The van der Waals surface area contributed by atoms with Crippen molar-refractivity contribution in [1.29, 1.82) is 0 Å². The van der Waals surface area contributed by atoms with E-state index in [2.05, 4.69) is 0 Å². The molecule has 0 fully saturated rings. The van der Waals surface area contributed by atoms with E-state index in [4.69, 9.17) is 7.16 Å². The third-order valence-electron chi connectivity index (χ3n) is 9.02. The van der Waals surface area contributed by atoms with Crippen LogP contribution >= 0.6 is 11.3 Å². The van der Waals surface area contributed by atoms with Crippen molar-refractivity contribution in [1.82, 2.24) is 0 Å². The van der Waals surface area contributed by atoms with Crippen LogP contribution in [-0.4, -0.2) is 0 Å². The van der Waals surface area contributed by atoms with E-state index in [-0.39, 0.29) is 52.4 Å². The number of hydrogen-bond donors (Lipinski definition) is 0. The van der Waals surface area contributed by atoms with Crippen LogP contribution in [0.25, 0.3) is 75.1 Å². The number of benzene rings is 8. The molecule has 2 heterocycles. The number of anilines is 3. The van der Waals surface area contributed by atoms with Crippen LogP contribution in [0.3, 0.4) is 0 Å². The van der Waals surface area contributed by atoms with Gasteiger partial charge < -0.3 is 9.32 Å². The smallest absolute Gasteiger partial charge is 0.159 e. The number of hydrogen-bond acceptors (Lipinski definition) is 3. The van der Waals surface area contributed by atoms with Gasteiger partial charge in [0.05, 0.1) is 16.7 Å². The lowest BCUT2D eigenvalue weighted by Crippen LogP contribution is -2.10. The molecule has 10 rings (SSSR count). The Kier molecular flexibility index (Phi) is 4.80. The Bertz CT molecular complexity index is 3280. The van der Waals surface area contributed by atoms with E-state index in [0.717, 1.165) is 36.3 Å². The molecule has 0 saturated heterocycles. The summed E-state index contributed by atoms with van der Waals surface area (Å²) in [4.78, 5) is 1.36. The van der Waals surface area contributed by atoms with Gasteiger partial charge >= 0.3 is 0 Å². The first kappa shape index (κ1) is 20.9. The molecule has 0 aliphatic heterocycles. The first-order valence-electron chi connectivity index (χ1n) is 19.9. The lowest BCUT2D eigenvalue weighted by Gasteiger charge is -2.26. The predicted octanol–water partition coefficient (Wildman–Crippen LogP) is 13.9. The fraction of sp³-hybridized carbons (Fsp3) is 0. The van der Waals surface area contributed by atoms with Gasteiger partial charge in [0.15, 0.2) is 5.58 Å². The predicted molar refractivity (Wildman–Crippen MR) is 210 cm³/mol. The molecule has 0 radical (unpaired) electrons. The highest BCUT2D eigenvalue weighted by atomic mass is 32.1. The van der Waals surface area contributed by atoms with Gasteiger partial charge in [-0.25, -0.2) is 0 Å². The number of fused-ring (bicyclic) bond motifs is 7. The lowest BCUT2D eigenvalue weighted by atomic mass is 9.98. The van der Waals surface area contributed by atoms with E-state index in [1.165, 1.54) is 4.90 Å². The SMILES string of the molecule is [2H]c1c([2H])c(-c2ccc3sc4ccccc4c3c2)c([2H])c(N(c2c([2H])c([2H])c(-c3cccc4ccccc34)c([2H])c2[2H])c2cccc3c2oc2ccccc23)c1[2H]. The molecule has 0 spiro atoms. The molecule has 3 heteroatoms. The molecule has 2 aromatic heterocycles. The Morgan fingerprint density at radius 3 is 2.16 bits per heavy atom. The lowest BCUT2D eigenvalue weighted by molar-refractivity contribution is 0.669. The first-order chi connectivity index (χ1) is 27.6. The van der Waals surface area contributed by atoms with Crippen molar-refractivity contribution in [2.45, 2.75) is 0 Å². The summed E-state index contributed by atoms with van der Waals surface area (Å²) in [6.45, 7) is 0. The molecule has 0 aliphatic rings. The first-order valence-corrected chi connectivity index (χ1v) is 16.8. The number of nitrogens with zero attached hydrogens (tertiary/aromatic N) is 1. The standard InChI is InChI=1S/C46H29NOS/c1-2-14-36-30(10-1)11-8-17-37(36)31-22-25-34(26-23-31)47(42-19-9-18-40-38-15-3-5-20-43(38)48-46(40)42)35-13-7-12-32(28-35)33-24-27-45-41(29-33)39-16-4-6-21-44(39)49-45/h1-29H/i7D,12D,13D,22D,23D,25D,26D,28D. The van der Waals surface area contributed by atoms with Gasteiger partial charge in [-0.3, -0.25) is 0 Å². The number of para-hydroxylation sites is 2. The topological polar surface area (TPSA) is 16.4 Å². The maximum Gasteiger partial charge on any atom is 0.159 e. The summed E-state index contributed by atoms with van der Waals surface area (Å²) in [7, 11) is 0. The summed E-state index contributed by atoms with van der Waals surface area (Å²) in [5, 5.41) is 5.11. The summed E-state index contributed by atoms with van der Waals surface area (Å²) in [5.74, 6) is 0. The second kappa shape index (κ2) is 11.2. The van der Waals surface area contributed by atoms with E-state index in [1.807, 2.05) is 109 Å². The minimum atomic E-state index is -0.473. The van der Waals surface area contributed by atoms with Crippen molar-refractivity contribution in [3.63, 3.8) is 0 Å². The van der Waals surface area contributed by atoms with Crippen LogP contribution in [0.1, 0.15) is 11.0 Å². The second-order valence-electron chi connectivity index (χ2n) is 11.9. The molecule has 0 N–H and O–H groups in total. The molecule has 2 nitrogen and oxygen atoms in total. The number of thiophene rings is 1. The van der Waals surface area contributed by atoms with Gasteiger partial charge in [-0.05, 0) is 87.5 Å². The maximum absolute atomic E-state index is 9.85. The maximum atomic E-state index is 9.85. The molecule has 230 valence electrons. The fourth-order valence-corrected chi connectivity index (χ4v) is 7.81. The van der Waals surface area contributed by atoms with E-state index in [9.17, 15) is 8.22 Å². The van der Waals surface area contributed by atoms with Crippen molar-refractivity contribution in [2.75, 3.05) is 4.90 Å². The second-order valence-corrected chi connectivity index (χ2v) is 13.0. The van der Waals surface area contributed by atoms with Crippen LogP contribution < -0.4 is 4.90 Å². The van der Waals surface area contributed by atoms with Crippen LogP contribution in [0.4, 0.5) is 17.1 Å². The zero-order valence-electron chi connectivity index (χ0n) is 33.9. The normalized spacial score (nSPS) is 14.0. The molecule has 10 aromatic rings. The zero-order valence-corrected chi connectivity index (χ0v) is 26.7. The van der Waals surface area contributed by atoms with E-state index >= 15 is 0 Å².